The number of aryl methyl sites for hydroxylation is 1. The standard InChI is InChI=1S/C10H16N2/c1-3-4-8-9(11)6-5-7(2)10(8)12/h5-6H,3-4,11-12H2,1-2H3. The first-order valence-electron chi connectivity index (χ1n) is 4.30. The average molecular weight is 164 g/mol. The van der Waals surface area contributed by atoms with E-state index in [-0.39, 0.29) is 0 Å². The van der Waals surface area contributed by atoms with Crippen LogP contribution in [-0.2, 0) is 6.42 Å². The summed E-state index contributed by atoms with van der Waals surface area (Å²) in [5.41, 5.74) is 15.6. The van der Waals surface area contributed by atoms with Crippen LogP contribution in [0.2, 0.25) is 0 Å². The van der Waals surface area contributed by atoms with Gasteiger partial charge in [-0.1, -0.05) is 19.4 Å². The van der Waals surface area contributed by atoms with E-state index in [0.29, 0.717) is 0 Å². The first-order valence-corrected chi connectivity index (χ1v) is 4.30. The summed E-state index contributed by atoms with van der Waals surface area (Å²) in [6, 6.07) is 3.89. The molecule has 0 heterocycles. The number of anilines is 2. The highest BCUT2D eigenvalue weighted by Gasteiger charge is 2.04. The monoisotopic (exact) mass is 164 g/mol. The van der Waals surface area contributed by atoms with E-state index < -0.39 is 0 Å². The average Bonchev–Trinajstić information content (AvgIpc) is 2.06. The molecule has 0 atom stereocenters. The molecular formula is C10H16N2. The van der Waals surface area contributed by atoms with Crippen LogP contribution in [0, 0.1) is 6.92 Å². The molecule has 4 N–H and O–H groups in total. The summed E-state index contributed by atoms with van der Waals surface area (Å²) < 4.78 is 0. The molecule has 2 nitrogen and oxygen atoms in total. The Morgan fingerprint density at radius 1 is 1.25 bits per heavy atom. The Balaban J connectivity index is 3.14. The van der Waals surface area contributed by atoms with Crippen LogP contribution in [0.15, 0.2) is 12.1 Å². The Bertz CT molecular complexity index is 279. The van der Waals surface area contributed by atoms with Gasteiger partial charge in [-0.15, -0.1) is 0 Å². The minimum Gasteiger partial charge on any atom is -0.398 e. The molecule has 1 rings (SSSR count). The molecule has 0 aliphatic rings. The van der Waals surface area contributed by atoms with Crippen molar-refractivity contribution >= 4 is 11.4 Å². The third-order valence-corrected chi connectivity index (χ3v) is 2.11. The second-order valence-electron chi connectivity index (χ2n) is 3.11. The topological polar surface area (TPSA) is 52.0 Å². The largest absolute Gasteiger partial charge is 0.398 e. The van der Waals surface area contributed by atoms with Gasteiger partial charge in [0.1, 0.15) is 0 Å². The second-order valence-corrected chi connectivity index (χ2v) is 3.11. The van der Waals surface area contributed by atoms with Crippen molar-refractivity contribution in [2.75, 3.05) is 11.5 Å². The van der Waals surface area contributed by atoms with Gasteiger partial charge in [0.05, 0.1) is 0 Å². The minimum absolute atomic E-state index is 0.819. The third kappa shape index (κ3) is 1.52. The molecule has 0 bridgehead atoms. The van der Waals surface area contributed by atoms with Crippen LogP contribution in [0.4, 0.5) is 11.4 Å². The summed E-state index contributed by atoms with van der Waals surface area (Å²) in [6.45, 7) is 4.13. The Kier molecular flexibility index (Phi) is 2.58. The molecule has 0 unspecified atom stereocenters. The van der Waals surface area contributed by atoms with E-state index in [0.717, 1.165) is 35.3 Å². The number of hydrogen-bond donors (Lipinski definition) is 2. The molecule has 1 aromatic rings. The van der Waals surface area contributed by atoms with Gasteiger partial charge in [-0.25, -0.2) is 0 Å². The number of benzene rings is 1. The molecule has 0 aromatic heterocycles. The zero-order valence-corrected chi connectivity index (χ0v) is 7.72. The number of nitrogens with two attached hydrogens (primary N) is 2. The summed E-state index contributed by atoms with van der Waals surface area (Å²) in [6.07, 6.45) is 2.05. The molecule has 66 valence electrons. The number of rotatable bonds is 2. The highest BCUT2D eigenvalue weighted by Crippen LogP contribution is 2.24. The number of hydrogen-bond acceptors (Lipinski definition) is 2. The van der Waals surface area contributed by atoms with Crippen molar-refractivity contribution in [3.05, 3.63) is 23.3 Å². The van der Waals surface area contributed by atoms with E-state index in [4.69, 9.17) is 11.5 Å². The molecule has 0 amide bonds. The van der Waals surface area contributed by atoms with E-state index in [2.05, 4.69) is 6.92 Å². The van der Waals surface area contributed by atoms with Crippen LogP contribution in [0.3, 0.4) is 0 Å². The van der Waals surface area contributed by atoms with Crippen LogP contribution in [-0.4, -0.2) is 0 Å². The van der Waals surface area contributed by atoms with Gasteiger partial charge in [0.15, 0.2) is 0 Å². The maximum absolute atomic E-state index is 5.89. The summed E-state index contributed by atoms with van der Waals surface area (Å²) in [5, 5.41) is 0. The lowest BCUT2D eigenvalue weighted by Gasteiger charge is -2.10. The third-order valence-electron chi connectivity index (χ3n) is 2.11. The summed E-state index contributed by atoms with van der Waals surface area (Å²) in [5.74, 6) is 0. The predicted molar refractivity (Wildman–Crippen MR) is 54.0 cm³/mol. The van der Waals surface area contributed by atoms with E-state index in [1.54, 1.807) is 0 Å². The smallest absolute Gasteiger partial charge is 0.0397 e. The molecule has 0 saturated carbocycles. The van der Waals surface area contributed by atoms with Crippen molar-refractivity contribution in [2.24, 2.45) is 0 Å². The second kappa shape index (κ2) is 3.48. The fourth-order valence-corrected chi connectivity index (χ4v) is 1.33. The zero-order chi connectivity index (χ0) is 9.14. The molecule has 0 fully saturated rings. The van der Waals surface area contributed by atoms with Gasteiger partial charge < -0.3 is 11.5 Å². The molecule has 0 spiro atoms. The fraction of sp³-hybridized carbons (Fsp3) is 0.400. The summed E-state index contributed by atoms with van der Waals surface area (Å²) >= 11 is 0. The molecule has 1 aromatic carbocycles. The van der Waals surface area contributed by atoms with E-state index in [9.17, 15) is 0 Å². The lowest BCUT2D eigenvalue weighted by molar-refractivity contribution is 0.925. The van der Waals surface area contributed by atoms with Crippen LogP contribution in [0.25, 0.3) is 0 Å². The van der Waals surface area contributed by atoms with Gasteiger partial charge in [0.2, 0.25) is 0 Å². The van der Waals surface area contributed by atoms with Crippen LogP contribution < -0.4 is 11.5 Å². The van der Waals surface area contributed by atoms with Gasteiger partial charge in [-0.2, -0.15) is 0 Å². The van der Waals surface area contributed by atoms with Crippen molar-refractivity contribution in [3.8, 4) is 0 Å². The molecular weight excluding hydrogens is 148 g/mol. The molecule has 0 aliphatic heterocycles. The van der Waals surface area contributed by atoms with Crippen molar-refractivity contribution in [1.29, 1.82) is 0 Å². The predicted octanol–water partition coefficient (Wildman–Crippen LogP) is 2.11. The Labute approximate surface area is 73.6 Å². The van der Waals surface area contributed by atoms with Gasteiger partial charge in [-0.3, -0.25) is 0 Å². The quantitative estimate of drug-likeness (QED) is 0.658. The highest BCUT2D eigenvalue weighted by molar-refractivity contribution is 5.64. The van der Waals surface area contributed by atoms with Crippen LogP contribution in [0.5, 0.6) is 0 Å². The van der Waals surface area contributed by atoms with Crippen molar-refractivity contribution < 1.29 is 0 Å². The summed E-state index contributed by atoms with van der Waals surface area (Å²) in [7, 11) is 0. The Morgan fingerprint density at radius 2 is 1.92 bits per heavy atom. The zero-order valence-electron chi connectivity index (χ0n) is 7.72. The molecule has 0 aliphatic carbocycles. The lowest BCUT2D eigenvalue weighted by Crippen LogP contribution is -2.01. The van der Waals surface area contributed by atoms with E-state index in [1.807, 2.05) is 19.1 Å². The summed E-state index contributed by atoms with van der Waals surface area (Å²) in [4.78, 5) is 0. The molecule has 0 saturated heterocycles. The lowest BCUT2D eigenvalue weighted by atomic mass is 10.0. The van der Waals surface area contributed by atoms with Crippen molar-refractivity contribution in [1.82, 2.24) is 0 Å². The molecule has 12 heavy (non-hydrogen) atoms. The maximum atomic E-state index is 5.89. The highest BCUT2D eigenvalue weighted by atomic mass is 14.6. The van der Waals surface area contributed by atoms with Crippen molar-refractivity contribution in [3.63, 3.8) is 0 Å². The van der Waals surface area contributed by atoms with Gasteiger partial charge in [0.25, 0.3) is 0 Å². The molecule has 0 radical (unpaired) electrons. The first kappa shape index (κ1) is 8.91. The Hall–Kier alpha value is -1.18. The van der Waals surface area contributed by atoms with E-state index >= 15 is 0 Å². The first-order chi connectivity index (χ1) is 5.66. The maximum Gasteiger partial charge on any atom is 0.0397 e. The van der Waals surface area contributed by atoms with Crippen LogP contribution >= 0.6 is 0 Å². The normalized spacial score (nSPS) is 10.2. The Morgan fingerprint density at radius 3 is 2.50 bits per heavy atom. The fourth-order valence-electron chi connectivity index (χ4n) is 1.33. The SMILES string of the molecule is CCCc1c(N)ccc(C)c1N. The van der Waals surface area contributed by atoms with Crippen LogP contribution in [0.1, 0.15) is 24.5 Å². The van der Waals surface area contributed by atoms with Gasteiger partial charge in [-0.05, 0) is 30.5 Å². The van der Waals surface area contributed by atoms with Gasteiger partial charge >= 0.3 is 0 Å². The van der Waals surface area contributed by atoms with Crippen molar-refractivity contribution in [2.45, 2.75) is 26.7 Å². The van der Waals surface area contributed by atoms with E-state index in [1.165, 1.54) is 0 Å². The van der Waals surface area contributed by atoms with Gasteiger partial charge in [0, 0.05) is 11.4 Å². The molecule has 2 heteroatoms. The minimum atomic E-state index is 0.819. The number of nitrogen functional groups attached to an aromatic ring is 2.